The zero-order valence-corrected chi connectivity index (χ0v) is 13.1. The molecule has 0 aliphatic carbocycles. The average Bonchev–Trinajstić information content (AvgIpc) is 2.35. The van der Waals surface area contributed by atoms with Gasteiger partial charge < -0.3 is 5.32 Å². The molecule has 0 aliphatic rings. The van der Waals surface area contributed by atoms with Gasteiger partial charge in [-0.2, -0.15) is 0 Å². The first-order valence-electron chi connectivity index (χ1n) is 5.50. The van der Waals surface area contributed by atoms with E-state index < -0.39 is 0 Å². The molecule has 0 heterocycles. The number of anilines is 1. The maximum absolute atomic E-state index is 12.1. The number of amides is 1. The third-order valence-corrected chi connectivity index (χ3v) is 3.77. The molecule has 0 radical (unpaired) electrons. The SMILES string of the molecule is Cc1ccc(NC(=O)c2cc(Cl)ccc2Cl)c(Br)c1. The highest BCUT2D eigenvalue weighted by Gasteiger charge is 2.12. The first-order valence-corrected chi connectivity index (χ1v) is 7.05. The molecule has 0 aromatic heterocycles. The van der Waals surface area contributed by atoms with Gasteiger partial charge >= 0.3 is 0 Å². The van der Waals surface area contributed by atoms with E-state index in [2.05, 4.69) is 21.2 Å². The van der Waals surface area contributed by atoms with Crippen molar-refractivity contribution in [2.24, 2.45) is 0 Å². The van der Waals surface area contributed by atoms with Crippen LogP contribution in [0.3, 0.4) is 0 Å². The summed E-state index contributed by atoms with van der Waals surface area (Å²) < 4.78 is 0.819. The molecule has 1 N–H and O–H groups in total. The minimum Gasteiger partial charge on any atom is -0.321 e. The summed E-state index contributed by atoms with van der Waals surface area (Å²) in [5.41, 5.74) is 2.14. The standard InChI is InChI=1S/C14H10BrCl2NO/c1-8-2-5-13(11(15)6-8)18-14(19)10-7-9(16)3-4-12(10)17/h2-7H,1H3,(H,18,19). The minimum absolute atomic E-state index is 0.294. The van der Waals surface area contributed by atoms with Crippen LogP contribution in [0.1, 0.15) is 15.9 Å². The highest BCUT2D eigenvalue weighted by molar-refractivity contribution is 9.10. The summed E-state index contributed by atoms with van der Waals surface area (Å²) in [6.07, 6.45) is 0. The second-order valence-corrected chi connectivity index (χ2v) is 5.76. The van der Waals surface area contributed by atoms with Crippen LogP contribution in [0.2, 0.25) is 10.0 Å². The van der Waals surface area contributed by atoms with Crippen LogP contribution in [-0.4, -0.2) is 5.91 Å². The number of carbonyl (C=O) groups is 1. The Kier molecular flexibility index (Phi) is 4.50. The van der Waals surface area contributed by atoms with E-state index in [0.717, 1.165) is 10.0 Å². The van der Waals surface area contributed by atoms with Gasteiger partial charge in [0.05, 0.1) is 16.3 Å². The Morgan fingerprint density at radius 2 is 1.89 bits per heavy atom. The van der Waals surface area contributed by atoms with Crippen molar-refractivity contribution in [2.75, 3.05) is 5.32 Å². The predicted octanol–water partition coefficient (Wildman–Crippen LogP) is 5.32. The number of rotatable bonds is 2. The third kappa shape index (κ3) is 3.50. The summed E-state index contributed by atoms with van der Waals surface area (Å²) in [6, 6.07) is 10.5. The third-order valence-electron chi connectivity index (χ3n) is 2.55. The molecule has 2 aromatic carbocycles. The maximum Gasteiger partial charge on any atom is 0.257 e. The summed E-state index contributed by atoms with van der Waals surface area (Å²) >= 11 is 15.3. The molecule has 2 nitrogen and oxygen atoms in total. The molecule has 2 aromatic rings. The Bertz CT molecular complexity index is 643. The number of benzene rings is 2. The van der Waals surface area contributed by atoms with Gasteiger partial charge in [-0.05, 0) is 58.7 Å². The van der Waals surface area contributed by atoms with E-state index in [-0.39, 0.29) is 5.91 Å². The largest absolute Gasteiger partial charge is 0.321 e. The highest BCUT2D eigenvalue weighted by Crippen LogP contribution is 2.26. The first-order chi connectivity index (χ1) is 8.97. The smallest absolute Gasteiger partial charge is 0.257 e. The zero-order chi connectivity index (χ0) is 14.0. The summed E-state index contributed by atoms with van der Waals surface area (Å²) in [5.74, 6) is -0.294. The molecule has 0 saturated heterocycles. The van der Waals surface area contributed by atoms with Crippen LogP contribution in [0.4, 0.5) is 5.69 Å². The van der Waals surface area contributed by atoms with Gasteiger partial charge in [0.2, 0.25) is 0 Å². The van der Waals surface area contributed by atoms with Crippen molar-refractivity contribution in [3.63, 3.8) is 0 Å². The van der Waals surface area contributed by atoms with Gasteiger partial charge in [0.25, 0.3) is 5.91 Å². The predicted molar refractivity (Wildman–Crippen MR) is 83.3 cm³/mol. The molecule has 0 bridgehead atoms. The molecular formula is C14H10BrCl2NO. The normalized spacial score (nSPS) is 10.3. The Labute approximate surface area is 129 Å². The average molecular weight is 359 g/mol. The van der Waals surface area contributed by atoms with Gasteiger partial charge in [-0.3, -0.25) is 4.79 Å². The molecule has 0 aliphatic heterocycles. The van der Waals surface area contributed by atoms with E-state index in [9.17, 15) is 4.79 Å². The number of halogens is 3. The van der Waals surface area contributed by atoms with Gasteiger partial charge in [0, 0.05) is 9.50 Å². The molecule has 98 valence electrons. The first kappa shape index (κ1) is 14.4. The van der Waals surface area contributed by atoms with Crippen molar-refractivity contribution >= 4 is 50.7 Å². The van der Waals surface area contributed by atoms with E-state index in [1.807, 2.05) is 25.1 Å². The van der Waals surface area contributed by atoms with Gasteiger partial charge in [-0.15, -0.1) is 0 Å². The molecule has 0 fully saturated rings. The van der Waals surface area contributed by atoms with Gasteiger partial charge in [-0.25, -0.2) is 0 Å². The molecule has 2 rings (SSSR count). The van der Waals surface area contributed by atoms with Crippen molar-refractivity contribution in [1.29, 1.82) is 0 Å². The van der Waals surface area contributed by atoms with Crippen molar-refractivity contribution < 1.29 is 4.79 Å². The lowest BCUT2D eigenvalue weighted by atomic mass is 10.2. The second-order valence-electron chi connectivity index (χ2n) is 4.06. The van der Waals surface area contributed by atoms with Crippen molar-refractivity contribution in [3.05, 3.63) is 62.0 Å². The fourth-order valence-corrected chi connectivity index (χ4v) is 2.55. The van der Waals surface area contributed by atoms with Crippen LogP contribution in [0.25, 0.3) is 0 Å². The number of hydrogen-bond donors (Lipinski definition) is 1. The quantitative estimate of drug-likeness (QED) is 0.773. The number of hydrogen-bond acceptors (Lipinski definition) is 1. The Balaban J connectivity index is 2.28. The van der Waals surface area contributed by atoms with Crippen molar-refractivity contribution in [3.8, 4) is 0 Å². The van der Waals surface area contributed by atoms with Crippen molar-refractivity contribution in [1.82, 2.24) is 0 Å². The molecule has 0 atom stereocenters. The van der Waals surface area contributed by atoms with Crippen molar-refractivity contribution in [2.45, 2.75) is 6.92 Å². The molecule has 1 amide bonds. The van der Waals surface area contributed by atoms with E-state index in [4.69, 9.17) is 23.2 Å². The van der Waals surface area contributed by atoms with E-state index in [1.165, 1.54) is 0 Å². The Morgan fingerprint density at radius 1 is 1.16 bits per heavy atom. The topological polar surface area (TPSA) is 29.1 Å². The molecule has 0 spiro atoms. The van der Waals surface area contributed by atoms with Gasteiger partial charge in [0.1, 0.15) is 0 Å². The molecule has 0 unspecified atom stereocenters. The van der Waals surface area contributed by atoms with Crippen LogP contribution >= 0.6 is 39.1 Å². The van der Waals surface area contributed by atoms with E-state index >= 15 is 0 Å². The zero-order valence-electron chi connectivity index (χ0n) is 10.0. The van der Waals surface area contributed by atoms with Crippen LogP contribution in [0, 0.1) is 6.92 Å². The van der Waals surface area contributed by atoms with Crippen LogP contribution in [-0.2, 0) is 0 Å². The summed E-state index contributed by atoms with van der Waals surface area (Å²) in [5, 5.41) is 3.63. The highest BCUT2D eigenvalue weighted by atomic mass is 79.9. The summed E-state index contributed by atoms with van der Waals surface area (Å²) in [7, 11) is 0. The van der Waals surface area contributed by atoms with E-state index in [1.54, 1.807) is 18.2 Å². The van der Waals surface area contributed by atoms with Gasteiger partial charge in [-0.1, -0.05) is 29.3 Å². The number of carbonyl (C=O) groups excluding carboxylic acids is 1. The van der Waals surface area contributed by atoms with Gasteiger partial charge in [0.15, 0.2) is 0 Å². The van der Waals surface area contributed by atoms with Crippen LogP contribution in [0.15, 0.2) is 40.9 Å². The lowest BCUT2D eigenvalue weighted by Crippen LogP contribution is -2.12. The lowest BCUT2D eigenvalue weighted by molar-refractivity contribution is 0.102. The molecule has 0 saturated carbocycles. The molecular weight excluding hydrogens is 349 g/mol. The second kappa shape index (κ2) is 5.95. The lowest BCUT2D eigenvalue weighted by Gasteiger charge is -2.09. The van der Waals surface area contributed by atoms with Crippen LogP contribution < -0.4 is 5.32 Å². The maximum atomic E-state index is 12.1. The number of nitrogens with one attached hydrogen (secondary N) is 1. The minimum atomic E-state index is -0.294. The molecule has 19 heavy (non-hydrogen) atoms. The van der Waals surface area contributed by atoms with Crippen LogP contribution in [0.5, 0.6) is 0 Å². The fourth-order valence-electron chi connectivity index (χ4n) is 1.58. The van der Waals surface area contributed by atoms with E-state index in [0.29, 0.717) is 21.3 Å². The fraction of sp³-hybridized carbons (Fsp3) is 0.0714. The summed E-state index contributed by atoms with van der Waals surface area (Å²) in [6.45, 7) is 1.98. The molecule has 5 heteroatoms. The summed E-state index contributed by atoms with van der Waals surface area (Å²) in [4.78, 5) is 12.1. The monoisotopic (exact) mass is 357 g/mol. The Morgan fingerprint density at radius 3 is 2.58 bits per heavy atom. The Hall–Kier alpha value is -1.03. The number of aryl methyl sites for hydroxylation is 1.